The van der Waals surface area contributed by atoms with Gasteiger partial charge in [-0.3, -0.25) is 9.89 Å². The molecule has 2 aromatic carbocycles. The topological polar surface area (TPSA) is 127 Å². The Bertz CT molecular complexity index is 1430. The lowest BCUT2D eigenvalue weighted by Gasteiger charge is -2.18. The lowest BCUT2D eigenvalue weighted by Crippen LogP contribution is -2.42. The predicted octanol–water partition coefficient (Wildman–Crippen LogP) is 4.30. The van der Waals surface area contributed by atoms with Crippen LogP contribution in [-0.2, 0) is 16.6 Å². The van der Waals surface area contributed by atoms with Gasteiger partial charge in [-0.05, 0) is 60.9 Å². The summed E-state index contributed by atoms with van der Waals surface area (Å²) < 4.78 is 6.55. The number of rotatable bonds is 9. The molecule has 0 aliphatic heterocycles. The molecule has 0 spiro atoms. The van der Waals surface area contributed by atoms with E-state index in [9.17, 15) is 9.59 Å². The monoisotopic (exact) mass is 501 g/mol. The number of amides is 1. The van der Waals surface area contributed by atoms with Crippen LogP contribution in [-0.4, -0.2) is 50.0 Å². The number of anilines is 2. The lowest BCUT2D eigenvalue weighted by atomic mass is 10.0. The maximum absolute atomic E-state index is 12.8. The number of carbonyl (C=O) groups excluding carboxylic acids is 2. The van der Waals surface area contributed by atoms with Gasteiger partial charge in [0.25, 0.3) is 5.91 Å². The Morgan fingerprint density at radius 2 is 1.92 bits per heavy atom. The molecule has 10 heteroatoms. The summed E-state index contributed by atoms with van der Waals surface area (Å²) in [5.74, 6) is 1.13. The Hall–Kier alpha value is -4.21. The smallest absolute Gasteiger partial charge is 0.328 e. The van der Waals surface area contributed by atoms with Crippen LogP contribution in [0, 0.1) is 5.92 Å². The number of H-pyrrole nitrogens is 1. The van der Waals surface area contributed by atoms with Crippen LogP contribution in [0.15, 0.2) is 42.6 Å². The number of hydrogen-bond donors (Lipinski definition) is 3. The maximum Gasteiger partial charge on any atom is 0.328 e. The van der Waals surface area contributed by atoms with Gasteiger partial charge in [0.15, 0.2) is 5.82 Å². The molecule has 2 aromatic heterocycles. The summed E-state index contributed by atoms with van der Waals surface area (Å²) in [7, 11) is 3.16. The van der Waals surface area contributed by atoms with Crippen molar-refractivity contribution in [3.05, 3.63) is 53.7 Å². The SMILES string of the molecule is COC(=O)C(CC(C)C)NC(=O)c1ccc(-c2nc(Nc3ccc4[nH]ncc4c3C3CC3)n(C)n2)cc1. The maximum atomic E-state index is 12.8. The van der Waals surface area contributed by atoms with Crippen LogP contribution in [0.4, 0.5) is 11.6 Å². The number of carbonyl (C=O) groups is 2. The number of fused-ring (bicyclic) bond motifs is 1. The molecule has 37 heavy (non-hydrogen) atoms. The van der Waals surface area contributed by atoms with E-state index in [4.69, 9.17) is 9.72 Å². The van der Waals surface area contributed by atoms with E-state index in [0.717, 1.165) is 22.2 Å². The first kappa shape index (κ1) is 24.5. The van der Waals surface area contributed by atoms with Crippen molar-refractivity contribution in [3.63, 3.8) is 0 Å². The molecule has 1 saturated carbocycles. The van der Waals surface area contributed by atoms with Crippen molar-refractivity contribution >= 4 is 34.4 Å². The van der Waals surface area contributed by atoms with Gasteiger partial charge in [-0.1, -0.05) is 26.0 Å². The molecule has 1 amide bonds. The highest BCUT2D eigenvalue weighted by Crippen LogP contribution is 2.47. The number of aromatic amines is 1. The number of aryl methyl sites for hydroxylation is 1. The minimum atomic E-state index is -0.690. The molecule has 0 radical (unpaired) electrons. The number of benzene rings is 2. The van der Waals surface area contributed by atoms with Crippen LogP contribution >= 0.6 is 0 Å². The molecular formula is C27H31N7O3. The fourth-order valence-electron chi connectivity index (χ4n) is 4.54. The molecule has 4 aromatic rings. The lowest BCUT2D eigenvalue weighted by molar-refractivity contribution is -0.143. The second kappa shape index (κ2) is 10.0. The van der Waals surface area contributed by atoms with Gasteiger partial charge in [0, 0.05) is 29.2 Å². The average molecular weight is 502 g/mol. The van der Waals surface area contributed by atoms with E-state index in [0.29, 0.717) is 29.7 Å². The molecule has 10 nitrogen and oxygen atoms in total. The van der Waals surface area contributed by atoms with E-state index in [1.54, 1.807) is 28.9 Å². The van der Waals surface area contributed by atoms with Gasteiger partial charge in [-0.15, -0.1) is 5.10 Å². The Kier molecular flexibility index (Phi) is 6.64. The molecule has 1 unspecified atom stereocenters. The van der Waals surface area contributed by atoms with E-state index < -0.39 is 12.0 Å². The number of esters is 1. The molecule has 192 valence electrons. The number of methoxy groups -OCH3 is 1. The van der Waals surface area contributed by atoms with E-state index >= 15 is 0 Å². The van der Waals surface area contributed by atoms with Crippen LogP contribution in [0.25, 0.3) is 22.3 Å². The molecular weight excluding hydrogens is 470 g/mol. The van der Waals surface area contributed by atoms with Gasteiger partial charge in [-0.2, -0.15) is 10.1 Å². The minimum absolute atomic E-state index is 0.228. The highest BCUT2D eigenvalue weighted by Gasteiger charge is 2.29. The van der Waals surface area contributed by atoms with Gasteiger partial charge in [-0.25, -0.2) is 9.48 Å². The number of nitrogens with zero attached hydrogens (tertiary/aromatic N) is 4. The van der Waals surface area contributed by atoms with E-state index in [1.165, 1.54) is 25.5 Å². The molecule has 1 aliphatic rings. The van der Waals surface area contributed by atoms with E-state index in [2.05, 4.69) is 32.0 Å². The molecule has 1 fully saturated rings. The number of aromatic nitrogens is 5. The molecule has 1 atom stereocenters. The summed E-state index contributed by atoms with van der Waals surface area (Å²) in [5, 5.41) is 19.2. The van der Waals surface area contributed by atoms with Crippen molar-refractivity contribution in [2.75, 3.05) is 12.4 Å². The van der Waals surface area contributed by atoms with Crippen LogP contribution in [0.5, 0.6) is 0 Å². The Balaban J connectivity index is 1.33. The summed E-state index contributed by atoms with van der Waals surface area (Å²) in [6.45, 7) is 3.98. The number of ether oxygens (including phenoxy) is 1. The van der Waals surface area contributed by atoms with Gasteiger partial charge in [0.1, 0.15) is 6.04 Å². The zero-order valence-electron chi connectivity index (χ0n) is 21.4. The summed E-state index contributed by atoms with van der Waals surface area (Å²) in [6, 6.07) is 10.4. The third kappa shape index (κ3) is 5.18. The minimum Gasteiger partial charge on any atom is -0.467 e. The Morgan fingerprint density at radius 3 is 2.59 bits per heavy atom. The van der Waals surface area contributed by atoms with Crippen molar-refractivity contribution in [2.24, 2.45) is 13.0 Å². The van der Waals surface area contributed by atoms with Crippen molar-refractivity contribution in [3.8, 4) is 11.4 Å². The second-order valence-electron chi connectivity index (χ2n) is 9.90. The van der Waals surface area contributed by atoms with Crippen molar-refractivity contribution in [1.82, 2.24) is 30.3 Å². The van der Waals surface area contributed by atoms with Gasteiger partial charge in [0.05, 0.1) is 18.8 Å². The fraction of sp³-hybridized carbons (Fsp3) is 0.370. The molecule has 0 saturated heterocycles. The third-order valence-electron chi connectivity index (χ3n) is 6.56. The zero-order chi connectivity index (χ0) is 26.1. The first-order chi connectivity index (χ1) is 17.8. The van der Waals surface area contributed by atoms with Crippen molar-refractivity contribution in [1.29, 1.82) is 0 Å². The molecule has 5 rings (SSSR count). The van der Waals surface area contributed by atoms with Gasteiger partial charge < -0.3 is 15.4 Å². The first-order valence-electron chi connectivity index (χ1n) is 12.5. The van der Waals surface area contributed by atoms with Crippen LogP contribution in [0.1, 0.15) is 54.9 Å². The molecule has 3 N–H and O–H groups in total. The highest BCUT2D eigenvalue weighted by atomic mass is 16.5. The fourth-order valence-corrected chi connectivity index (χ4v) is 4.54. The first-order valence-corrected chi connectivity index (χ1v) is 12.5. The Morgan fingerprint density at radius 1 is 1.16 bits per heavy atom. The summed E-state index contributed by atoms with van der Waals surface area (Å²) in [6.07, 6.45) is 4.71. The van der Waals surface area contributed by atoms with Crippen molar-refractivity contribution in [2.45, 2.75) is 45.1 Å². The normalized spacial score (nSPS) is 14.1. The third-order valence-corrected chi connectivity index (χ3v) is 6.56. The molecule has 0 bridgehead atoms. The average Bonchev–Trinajstić information content (AvgIpc) is 3.49. The Labute approximate surface area is 214 Å². The predicted molar refractivity (Wildman–Crippen MR) is 141 cm³/mol. The molecule has 1 aliphatic carbocycles. The van der Waals surface area contributed by atoms with Crippen molar-refractivity contribution < 1.29 is 14.3 Å². The number of hydrogen-bond acceptors (Lipinski definition) is 7. The molecule has 2 heterocycles. The zero-order valence-corrected chi connectivity index (χ0v) is 21.4. The summed E-state index contributed by atoms with van der Waals surface area (Å²) in [4.78, 5) is 29.5. The van der Waals surface area contributed by atoms with Crippen LogP contribution in [0.3, 0.4) is 0 Å². The highest BCUT2D eigenvalue weighted by molar-refractivity contribution is 5.97. The van der Waals surface area contributed by atoms with E-state index in [1.807, 2.05) is 33.2 Å². The second-order valence-corrected chi connectivity index (χ2v) is 9.90. The van der Waals surface area contributed by atoms with Gasteiger partial charge in [0.2, 0.25) is 5.95 Å². The van der Waals surface area contributed by atoms with Gasteiger partial charge >= 0.3 is 5.97 Å². The van der Waals surface area contributed by atoms with Crippen LogP contribution in [0.2, 0.25) is 0 Å². The summed E-state index contributed by atoms with van der Waals surface area (Å²) in [5.41, 5.74) is 4.51. The van der Waals surface area contributed by atoms with Crippen LogP contribution < -0.4 is 10.6 Å². The standard InChI is InChI=1S/C27H31N7O3/c1-15(2)13-22(26(36)37-4)29-25(35)18-9-7-17(8-10-18)24-31-27(34(3)33-24)30-21-12-11-20-19(14-28-32-20)23(21)16-5-6-16/h7-12,14-16,22H,5-6,13H2,1-4H3,(H,28,32)(H,29,35)(H,30,31,33). The largest absolute Gasteiger partial charge is 0.467 e. The quantitative estimate of drug-likeness (QED) is 0.292. The van der Waals surface area contributed by atoms with E-state index in [-0.39, 0.29) is 11.8 Å². The number of nitrogens with one attached hydrogen (secondary N) is 3. The summed E-state index contributed by atoms with van der Waals surface area (Å²) >= 11 is 0.